The molecule has 6 rings (SSSR count). The molecule has 13 atom stereocenters. The largest absolute Gasteiger partial charge is 0.458 e. The summed E-state index contributed by atoms with van der Waals surface area (Å²) in [7, 11) is 0. The van der Waals surface area contributed by atoms with Crippen molar-refractivity contribution in [1.82, 2.24) is 10.3 Å². The van der Waals surface area contributed by atoms with Crippen LogP contribution < -0.4 is 5.32 Å². The van der Waals surface area contributed by atoms with E-state index >= 15 is 0 Å². The highest BCUT2D eigenvalue weighted by Crippen LogP contribution is 2.66. The van der Waals surface area contributed by atoms with Crippen LogP contribution in [0.3, 0.4) is 0 Å². The van der Waals surface area contributed by atoms with Gasteiger partial charge in [0.25, 0.3) is 0 Å². The number of cyclic esters (lactones) is 1. The molecular formula is C40H49BrN2O9. The number of halogens is 1. The van der Waals surface area contributed by atoms with Gasteiger partial charge in [0.1, 0.15) is 24.0 Å². The summed E-state index contributed by atoms with van der Waals surface area (Å²) in [5.41, 5.74) is 0.349. The number of fused-ring (bicyclic) bond motifs is 6. The Morgan fingerprint density at radius 2 is 1.87 bits per heavy atom. The van der Waals surface area contributed by atoms with Crippen LogP contribution in [-0.4, -0.2) is 69.0 Å². The van der Waals surface area contributed by atoms with Crippen LogP contribution in [0.2, 0.25) is 0 Å². The predicted octanol–water partition coefficient (Wildman–Crippen LogP) is 5.13. The Hall–Kier alpha value is -3.74. The van der Waals surface area contributed by atoms with E-state index in [1.165, 1.54) is 0 Å². The van der Waals surface area contributed by atoms with Gasteiger partial charge in [0.05, 0.1) is 17.6 Å². The summed E-state index contributed by atoms with van der Waals surface area (Å²) < 4.78 is 18.6. The quantitative estimate of drug-likeness (QED) is 0.129. The fourth-order valence-electron chi connectivity index (χ4n) is 9.33. The highest BCUT2D eigenvalue weighted by molar-refractivity contribution is 9.10. The molecule has 1 aromatic heterocycles. The van der Waals surface area contributed by atoms with E-state index in [4.69, 9.17) is 14.2 Å². The van der Waals surface area contributed by atoms with Gasteiger partial charge < -0.3 is 34.7 Å². The Morgan fingerprint density at radius 3 is 2.54 bits per heavy atom. The van der Waals surface area contributed by atoms with Crippen LogP contribution in [0, 0.1) is 53.3 Å². The molecule has 12 heteroatoms. The first kappa shape index (κ1) is 38.0. The number of benzene rings is 1. The minimum atomic E-state index is -1.44. The van der Waals surface area contributed by atoms with Gasteiger partial charge in [-0.2, -0.15) is 0 Å². The molecule has 0 spiro atoms. The maximum absolute atomic E-state index is 13.9. The number of aliphatic hydroxyl groups is 2. The molecule has 2 heterocycles. The number of carbonyl (C=O) groups is 4. The molecule has 280 valence electrons. The fourth-order valence-corrected chi connectivity index (χ4v) is 9.78. The molecule has 2 aromatic rings. The van der Waals surface area contributed by atoms with Gasteiger partial charge in [-0.25, -0.2) is 9.59 Å². The van der Waals surface area contributed by atoms with Gasteiger partial charge in [-0.1, -0.05) is 74.0 Å². The zero-order chi connectivity index (χ0) is 37.6. The lowest BCUT2D eigenvalue weighted by Crippen LogP contribution is -2.65. The topological polar surface area (TPSA) is 164 Å². The van der Waals surface area contributed by atoms with Crippen molar-refractivity contribution in [2.75, 3.05) is 0 Å². The Morgan fingerprint density at radius 1 is 1.12 bits per heavy atom. The first-order valence-electron chi connectivity index (χ1n) is 18.2. The van der Waals surface area contributed by atoms with Crippen LogP contribution in [0.5, 0.6) is 0 Å². The number of esters is 3. The molecule has 1 aliphatic heterocycles. The second-order valence-corrected chi connectivity index (χ2v) is 16.4. The smallest absolute Gasteiger partial charge is 0.397 e. The van der Waals surface area contributed by atoms with Gasteiger partial charge in [0, 0.05) is 46.8 Å². The molecule has 4 N–H and O–H groups in total. The molecule has 2 fully saturated rings. The molecule has 3 unspecified atom stereocenters. The average Bonchev–Trinajstić information content (AvgIpc) is 3.69. The number of rotatable bonds is 7. The number of carbonyl (C=O) groups excluding carboxylic acids is 4. The van der Waals surface area contributed by atoms with Crippen molar-refractivity contribution < 1.29 is 43.6 Å². The number of hydrogen-bond donors (Lipinski definition) is 4. The van der Waals surface area contributed by atoms with Crippen LogP contribution in [-0.2, 0) is 35.1 Å². The van der Waals surface area contributed by atoms with Gasteiger partial charge in [0.2, 0.25) is 0 Å². The monoisotopic (exact) mass is 780 g/mol. The molecule has 4 aliphatic rings. The predicted molar refractivity (Wildman–Crippen MR) is 194 cm³/mol. The first-order valence-corrected chi connectivity index (χ1v) is 19.0. The summed E-state index contributed by atoms with van der Waals surface area (Å²) in [6.45, 7) is 11.1. The highest BCUT2D eigenvalue weighted by atomic mass is 79.9. The van der Waals surface area contributed by atoms with E-state index in [-0.39, 0.29) is 36.1 Å². The molecule has 3 aliphatic carbocycles. The molecule has 2 saturated carbocycles. The van der Waals surface area contributed by atoms with Crippen molar-refractivity contribution in [1.29, 1.82) is 0 Å². The third-order valence-electron chi connectivity index (χ3n) is 12.1. The number of allylic oxidation sites excluding steroid dienone is 1. The van der Waals surface area contributed by atoms with Gasteiger partial charge in [-0.3, -0.25) is 9.59 Å². The number of hydrogen-bond acceptors (Lipinski definition) is 9. The highest BCUT2D eigenvalue weighted by Gasteiger charge is 2.71. The normalized spacial score (nSPS) is 36.8. The van der Waals surface area contributed by atoms with E-state index in [0.717, 1.165) is 10.0 Å². The minimum Gasteiger partial charge on any atom is -0.458 e. The zero-order valence-electron chi connectivity index (χ0n) is 30.3. The van der Waals surface area contributed by atoms with Crippen molar-refractivity contribution in [3.63, 3.8) is 0 Å². The maximum Gasteiger partial charge on any atom is 0.397 e. The van der Waals surface area contributed by atoms with Gasteiger partial charge >= 0.3 is 23.8 Å². The molecule has 1 aromatic carbocycles. The van der Waals surface area contributed by atoms with Crippen LogP contribution >= 0.6 is 15.9 Å². The van der Waals surface area contributed by atoms with E-state index in [9.17, 15) is 29.4 Å². The number of aromatic amines is 1. The van der Waals surface area contributed by atoms with Crippen molar-refractivity contribution in [3.8, 4) is 0 Å². The van der Waals surface area contributed by atoms with Crippen LogP contribution in [0.4, 0.5) is 0 Å². The Balaban J connectivity index is 1.25. The number of amides is 1. The molecule has 52 heavy (non-hydrogen) atoms. The molecule has 0 saturated heterocycles. The zero-order valence-corrected chi connectivity index (χ0v) is 31.9. The second kappa shape index (κ2) is 14.9. The molecular weight excluding hydrogens is 732 g/mol. The summed E-state index contributed by atoms with van der Waals surface area (Å²) in [5.74, 6) is -6.19. The second-order valence-electron chi connectivity index (χ2n) is 15.5. The van der Waals surface area contributed by atoms with E-state index in [0.29, 0.717) is 17.7 Å². The summed E-state index contributed by atoms with van der Waals surface area (Å²) in [6, 6.07) is 10.7. The lowest BCUT2D eigenvalue weighted by molar-refractivity contribution is -0.185. The number of aliphatic hydroxyl groups excluding tert-OH is 1. The number of nitrogens with one attached hydrogen (secondary N) is 2. The Labute approximate surface area is 312 Å². The van der Waals surface area contributed by atoms with Crippen LogP contribution in [0.25, 0.3) is 0 Å². The number of H-pyrrole nitrogens is 1. The SMILES string of the molecule is C/C1=C\[C@@H](C)[C@@H]([C@@H](C)OC(=O)C(=O)NCc2cccc(Br)c2)OC(=O)[C@@H](C(C)C)C[C@H]2C=CC3C(C4[C@H]3[C@H](OC(=O)c3ccc[nH]3)[C@H](C)[C@H]4O)[C@]12O. The molecule has 11 nitrogen and oxygen atoms in total. The van der Waals surface area contributed by atoms with Crippen molar-refractivity contribution in [2.24, 2.45) is 53.3 Å². The van der Waals surface area contributed by atoms with Gasteiger partial charge in [-0.05, 0) is 73.4 Å². The van der Waals surface area contributed by atoms with Crippen molar-refractivity contribution in [3.05, 3.63) is 82.1 Å². The lowest BCUT2D eigenvalue weighted by Gasteiger charge is -2.61. The molecule has 1 amide bonds. The van der Waals surface area contributed by atoms with E-state index in [2.05, 4.69) is 32.3 Å². The van der Waals surface area contributed by atoms with Gasteiger partial charge in [0.15, 0.2) is 0 Å². The number of aromatic nitrogens is 1. The van der Waals surface area contributed by atoms with Crippen molar-refractivity contribution >= 4 is 39.7 Å². The average molecular weight is 782 g/mol. The first-order chi connectivity index (χ1) is 24.6. The van der Waals surface area contributed by atoms with E-state index < -0.39 is 77.5 Å². The molecule has 0 bridgehead atoms. The van der Waals surface area contributed by atoms with E-state index in [1.54, 1.807) is 25.3 Å². The maximum atomic E-state index is 13.9. The third-order valence-corrected chi connectivity index (χ3v) is 12.6. The summed E-state index contributed by atoms with van der Waals surface area (Å²) >= 11 is 3.39. The summed E-state index contributed by atoms with van der Waals surface area (Å²) in [5, 5.41) is 27.2. The standard InChI is InChI=1S/C40H49BrN2O9/c1-19(2)28-17-25-12-13-27-30-31(33(44)22(5)35(30)52-38(47)29-11-8-14-42-29)32(27)40(25,49)21(4)15-20(3)34(51-37(28)46)23(6)50-39(48)36(45)43-18-24-9-7-10-26(41)16-24/h7-16,19-20,22-23,25,27-28,30-35,42,44,49H,17-18H2,1-6H3,(H,43,45)/b21-15+/t20-,22-,23-,25-,27?,28-,30+,31?,32?,33-,34+,35-,40+/m1/s1. The fraction of sp³-hybridized carbons (Fsp3) is 0.550. The number of ether oxygens (including phenoxy) is 3. The van der Waals surface area contributed by atoms with E-state index in [1.807, 2.05) is 71.0 Å². The Kier molecular flexibility index (Phi) is 10.9. The molecule has 0 radical (unpaired) electrons. The lowest BCUT2D eigenvalue weighted by atomic mass is 9.45. The van der Waals surface area contributed by atoms with Crippen molar-refractivity contribution in [2.45, 2.75) is 84.5 Å². The summed E-state index contributed by atoms with van der Waals surface area (Å²) in [6.07, 6.45) is 4.54. The van der Waals surface area contributed by atoms with Crippen LogP contribution in [0.15, 0.2) is 70.9 Å². The third kappa shape index (κ3) is 6.89. The van der Waals surface area contributed by atoms with Crippen LogP contribution in [0.1, 0.15) is 64.0 Å². The van der Waals surface area contributed by atoms with Gasteiger partial charge in [-0.15, -0.1) is 0 Å². The summed E-state index contributed by atoms with van der Waals surface area (Å²) in [4.78, 5) is 55.5. The minimum absolute atomic E-state index is 0.121. The Bertz CT molecular complexity index is 1740.